The zero-order valence-electron chi connectivity index (χ0n) is 15.5. The second-order valence-electron chi connectivity index (χ2n) is 7.11. The summed E-state index contributed by atoms with van der Waals surface area (Å²) in [6.07, 6.45) is 1.42. The van der Waals surface area contributed by atoms with Gasteiger partial charge in [-0.15, -0.1) is 0 Å². The first kappa shape index (κ1) is 19.8. The monoisotopic (exact) mass is 459 g/mol. The first-order valence-electron chi connectivity index (χ1n) is 9.37. The zero-order chi connectivity index (χ0) is 20.5. The van der Waals surface area contributed by atoms with Crippen LogP contribution in [0.3, 0.4) is 0 Å². The highest BCUT2D eigenvalue weighted by Crippen LogP contribution is 2.41. The molecule has 2 fully saturated rings. The molecule has 0 aliphatic carbocycles. The van der Waals surface area contributed by atoms with E-state index in [1.54, 1.807) is 36.4 Å². The largest absolute Gasteiger partial charge is 0.507 e. The Morgan fingerprint density at radius 2 is 1.90 bits per heavy atom. The SMILES string of the molecule is O=C1C(=O)N(CC2CCCO2)C(c2ccccc2F)/C1=C(/O)c1ccc(Br)cc1. The molecule has 150 valence electrons. The van der Waals surface area contributed by atoms with Crippen molar-refractivity contribution >= 4 is 33.4 Å². The predicted octanol–water partition coefficient (Wildman–Crippen LogP) is 4.19. The van der Waals surface area contributed by atoms with Crippen LogP contribution in [0.25, 0.3) is 5.76 Å². The average Bonchev–Trinajstić information content (AvgIpc) is 3.31. The highest BCUT2D eigenvalue weighted by molar-refractivity contribution is 9.10. The van der Waals surface area contributed by atoms with Gasteiger partial charge in [0, 0.05) is 28.8 Å². The van der Waals surface area contributed by atoms with Crippen LogP contribution in [0.5, 0.6) is 0 Å². The van der Waals surface area contributed by atoms with Crippen LogP contribution in [0.2, 0.25) is 0 Å². The van der Waals surface area contributed by atoms with E-state index in [9.17, 15) is 19.1 Å². The molecular formula is C22H19BrFNO4. The number of hydrogen-bond donors (Lipinski definition) is 1. The van der Waals surface area contributed by atoms with Gasteiger partial charge in [-0.25, -0.2) is 4.39 Å². The Balaban J connectivity index is 1.84. The fourth-order valence-corrected chi connectivity index (χ4v) is 4.12. The van der Waals surface area contributed by atoms with Gasteiger partial charge in [0.15, 0.2) is 0 Å². The molecule has 1 N–H and O–H groups in total. The summed E-state index contributed by atoms with van der Waals surface area (Å²) in [5.74, 6) is -2.44. The number of ether oxygens (including phenoxy) is 1. The van der Waals surface area contributed by atoms with Crippen molar-refractivity contribution in [2.75, 3.05) is 13.2 Å². The van der Waals surface area contributed by atoms with E-state index in [1.165, 1.54) is 17.0 Å². The van der Waals surface area contributed by atoms with E-state index in [4.69, 9.17) is 4.74 Å². The molecule has 7 heteroatoms. The number of carbonyl (C=O) groups excluding carboxylic acids is 2. The molecule has 0 aromatic heterocycles. The van der Waals surface area contributed by atoms with Gasteiger partial charge in [0.25, 0.3) is 11.7 Å². The summed E-state index contributed by atoms with van der Waals surface area (Å²) in [6.45, 7) is 0.762. The summed E-state index contributed by atoms with van der Waals surface area (Å²) < 4.78 is 21.1. The highest BCUT2D eigenvalue weighted by atomic mass is 79.9. The number of likely N-dealkylation sites (tertiary alicyclic amines) is 1. The number of aliphatic hydroxyl groups is 1. The van der Waals surface area contributed by atoms with Gasteiger partial charge in [0.2, 0.25) is 0 Å². The summed E-state index contributed by atoms with van der Waals surface area (Å²) in [4.78, 5) is 27.0. The van der Waals surface area contributed by atoms with Gasteiger partial charge in [-0.05, 0) is 31.0 Å². The summed E-state index contributed by atoms with van der Waals surface area (Å²) in [5, 5.41) is 10.9. The Kier molecular flexibility index (Phi) is 5.52. The Morgan fingerprint density at radius 3 is 2.55 bits per heavy atom. The van der Waals surface area contributed by atoms with Gasteiger partial charge < -0.3 is 14.7 Å². The third kappa shape index (κ3) is 3.72. The fraction of sp³-hybridized carbons (Fsp3) is 0.273. The van der Waals surface area contributed by atoms with Crippen LogP contribution >= 0.6 is 15.9 Å². The van der Waals surface area contributed by atoms with Crippen LogP contribution in [-0.2, 0) is 14.3 Å². The molecule has 2 atom stereocenters. The number of ketones is 1. The zero-order valence-corrected chi connectivity index (χ0v) is 17.1. The molecule has 29 heavy (non-hydrogen) atoms. The second-order valence-corrected chi connectivity index (χ2v) is 8.03. The molecule has 2 aliphatic heterocycles. The smallest absolute Gasteiger partial charge is 0.295 e. The number of rotatable bonds is 4. The number of aliphatic hydroxyl groups excluding tert-OH is 1. The van der Waals surface area contributed by atoms with E-state index in [0.717, 1.165) is 17.3 Å². The van der Waals surface area contributed by atoms with Gasteiger partial charge >= 0.3 is 0 Å². The summed E-state index contributed by atoms with van der Waals surface area (Å²) in [7, 11) is 0. The van der Waals surface area contributed by atoms with Crippen LogP contribution < -0.4 is 0 Å². The third-order valence-corrected chi connectivity index (χ3v) is 5.81. The van der Waals surface area contributed by atoms with E-state index < -0.39 is 23.5 Å². The highest BCUT2D eigenvalue weighted by Gasteiger charge is 2.47. The Bertz CT molecular complexity index is 983. The minimum Gasteiger partial charge on any atom is -0.507 e. The van der Waals surface area contributed by atoms with Gasteiger partial charge in [-0.2, -0.15) is 0 Å². The van der Waals surface area contributed by atoms with Crippen molar-refractivity contribution < 1.29 is 23.8 Å². The number of halogens is 2. The standard InChI is InChI=1S/C22H19BrFNO4/c23-14-9-7-13(8-10-14)20(26)18-19(16-5-1-2-6-17(16)24)25(22(28)21(18)27)12-15-4-3-11-29-15/h1-2,5-10,15,19,26H,3-4,11-12H2/b20-18-. The Labute approximate surface area is 175 Å². The fourth-order valence-electron chi connectivity index (χ4n) is 3.86. The number of Topliss-reactive ketones (excluding diaryl/α,β-unsaturated/α-hetero) is 1. The van der Waals surface area contributed by atoms with Crippen molar-refractivity contribution in [2.24, 2.45) is 0 Å². The predicted molar refractivity (Wildman–Crippen MR) is 109 cm³/mol. The topological polar surface area (TPSA) is 66.8 Å². The lowest BCUT2D eigenvalue weighted by Gasteiger charge is -2.27. The van der Waals surface area contributed by atoms with Crippen molar-refractivity contribution in [1.29, 1.82) is 0 Å². The Morgan fingerprint density at radius 1 is 1.17 bits per heavy atom. The maximum Gasteiger partial charge on any atom is 0.295 e. The van der Waals surface area contributed by atoms with Crippen LogP contribution in [0.4, 0.5) is 4.39 Å². The molecule has 0 radical (unpaired) electrons. The maximum atomic E-state index is 14.7. The van der Waals surface area contributed by atoms with Crippen molar-refractivity contribution in [1.82, 2.24) is 4.90 Å². The molecule has 0 saturated carbocycles. The first-order chi connectivity index (χ1) is 14.0. The van der Waals surface area contributed by atoms with E-state index in [-0.39, 0.29) is 29.5 Å². The molecule has 2 aliphatic rings. The van der Waals surface area contributed by atoms with Crippen molar-refractivity contribution in [2.45, 2.75) is 25.0 Å². The normalized spacial score (nSPS) is 23.7. The molecule has 0 spiro atoms. The Hall–Kier alpha value is -2.51. The summed E-state index contributed by atoms with van der Waals surface area (Å²) >= 11 is 3.33. The van der Waals surface area contributed by atoms with Crippen molar-refractivity contribution in [3.63, 3.8) is 0 Å². The number of carbonyl (C=O) groups is 2. The number of amides is 1. The van der Waals surface area contributed by atoms with Crippen molar-refractivity contribution in [3.05, 3.63) is 75.5 Å². The van der Waals surface area contributed by atoms with Crippen LogP contribution in [-0.4, -0.2) is 41.0 Å². The van der Waals surface area contributed by atoms with Gasteiger partial charge in [-0.3, -0.25) is 9.59 Å². The summed E-state index contributed by atoms with van der Waals surface area (Å²) in [5.41, 5.74) is 0.438. The molecule has 2 unspecified atom stereocenters. The summed E-state index contributed by atoms with van der Waals surface area (Å²) in [6, 6.07) is 11.7. The van der Waals surface area contributed by atoms with Gasteiger partial charge in [0.1, 0.15) is 11.6 Å². The van der Waals surface area contributed by atoms with Gasteiger partial charge in [-0.1, -0.05) is 46.3 Å². The molecule has 2 saturated heterocycles. The lowest BCUT2D eigenvalue weighted by atomic mass is 9.95. The first-order valence-corrected chi connectivity index (χ1v) is 10.2. The molecular weight excluding hydrogens is 441 g/mol. The van der Waals surface area contributed by atoms with Crippen LogP contribution in [0.15, 0.2) is 58.6 Å². The van der Waals surface area contributed by atoms with E-state index in [0.29, 0.717) is 12.2 Å². The number of nitrogens with zero attached hydrogens (tertiary/aromatic N) is 1. The van der Waals surface area contributed by atoms with E-state index in [2.05, 4.69) is 15.9 Å². The molecule has 2 heterocycles. The van der Waals surface area contributed by atoms with E-state index >= 15 is 0 Å². The van der Waals surface area contributed by atoms with Crippen LogP contribution in [0.1, 0.15) is 30.0 Å². The molecule has 2 aromatic carbocycles. The molecule has 4 rings (SSSR count). The molecule has 0 bridgehead atoms. The number of benzene rings is 2. The third-order valence-electron chi connectivity index (χ3n) is 5.28. The maximum absolute atomic E-state index is 14.7. The second kappa shape index (κ2) is 8.08. The average molecular weight is 460 g/mol. The molecule has 5 nitrogen and oxygen atoms in total. The van der Waals surface area contributed by atoms with Gasteiger partial charge in [0.05, 0.1) is 17.7 Å². The van der Waals surface area contributed by atoms with Crippen LogP contribution in [0, 0.1) is 5.82 Å². The van der Waals surface area contributed by atoms with Crippen molar-refractivity contribution in [3.8, 4) is 0 Å². The lowest BCUT2D eigenvalue weighted by molar-refractivity contribution is -0.140. The lowest BCUT2D eigenvalue weighted by Crippen LogP contribution is -2.36. The quantitative estimate of drug-likeness (QED) is 0.422. The van der Waals surface area contributed by atoms with E-state index in [1.807, 2.05) is 0 Å². The minimum atomic E-state index is -1.01. The molecule has 2 aromatic rings. The molecule has 1 amide bonds. The minimum absolute atomic E-state index is 0.111. The number of hydrogen-bond acceptors (Lipinski definition) is 4.